The summed E-state index contributed by atoms with van der Waals surface area (Å²) in [5.41, 5.74) is 1.02. The minimum Gasteiger partial charge on any atom is -0.497 e. The number of nitrogens with zero attached hydrogens (tertiary/aromatic N) is 3. The van der Waals surface area contributed by atoms with Crippen molar-refractivity contribution in [1.29, 1.82) is 0 Å². The monoisotopic (exact) mass is 503 g/mol. The van der Waals surface area contributed by atoms with Crippen LogP contribution in [0.3, 0.4) is 0 Å². The molecule has 0 bridgehead atoms. The summed E-state index contributed by atoms with van der Waals surface area (Å²) in [7, 11) is -0.784. The third-order valence-corrected chi connectivity index (χ3v) is 7.94. The highest BCUT2D eigenvalue weighted by molar-refractivity contribution is 7.89. The molecule has 190 valence electrons. The van der Waals surface area contributed by atoms with Gasteiger partial charge in [-0.05, 0) is 49.7 Å². The average Bonchev–Trinajstić information content (AvgIpc) is 2.86. The van der Waals surface area contributed by atoms with Crippen molar-refractivity contribution in [2.75, 3.05) is 33.9 Å². The second-order valence-electron chi connectivity index (χ2n) is 8.71. The van der Waals surface area contributed by atoms with Gasteiger partial charge in [0.15, 0.2) is 0 Å². The summed E-state index contributed by atoms with van der Waals surface area (Å²) in [6.45, 7) is 5.66. The summed E-state index contributed by atoms with van der Waals surface area (Å²) >= 11 is 0. The Morgan fingerprint density at radius 2 is 2.03 bits per heavy atom. The van der Waals surface area contributed by atoms with Crippen molar-refractivity contribution in [2.24, 2.45) is 5.92 Å². The van der Waals surface area contributed by atoms with Crippen molar-refractivity contribution >= 4 is 22.0 Å². The zero-order valence-corrected chi connectivity index (χ0v) is 21.5. The minimum absolute atomic E-state index is 0.0444. The first kappa shape index (κ1) is 26.7. The number of likely N-dealkylation sites (N-methyl/N-ethyl adjacent to an activating group) is 1. The number of aliphatic hydroxyl groups excluding tert-OH is 1. The molecule has 1 aliphatic heterocycles. The first-order valence-corrected chi connectivity index (χ1v) is 12.9. The highest BCUT2D eigenvalue weighted by Crippen LogP contribution is 2.28. The largest absolute Gasteiger partial charge is 0.497 e. The van der Waals surface area contributed by atoms with Gasteiger partial charge in [-0.25, -0.2) is 13.4 Å². The molecular weight excluding hydrogens is 470 g/mol. The van der Waals surface area contributed by atoms with Gasteiger partial charge in [-0.2, -0.15) is 4.31 Å². The van der Waals surface area contributed by atoms with Crippen LogP contribution in [0, 0.1) is 5.92 Å². The molecule has 2 heterocycles. The Balaban J connectivity index is 1.95. The van der Waals surface area contributed by atoms with E-state index in [0.717, 1.165) is 5.56 Å². The molecule has 0 saturated carbocycles. The quantitative estimate of drug-likeness (QED) is 0.590. The molecule has 1 aromatic heterocycles. The van der Waals surface area contributed by atoms with Gasteiger partial charge in [0.2, 0.25) is 15.9 Å². The lowest BCUT2D eigenvalue weighted by Gasteiger charge is -2.37. The lowest BCUT2D eigenvalue weighted by atomic mass is 10.00. The van der Waals surface area contributed by atoms with Crippen LogP contribution in [0.5, 0.6) is 11.6 Å². The van der Waals surface area contributed by atoms with Gasteiger partial charge in [0.1, 0.15) is 17.4 Å². The van der Waals surface area contributed by atoms with Crippen molar-refractivity contribution in [3.63, 3.8) is 0 Å². The molecule has 0 saturated heterocycles. The third kappa shape index (κ3) is 5.83. The zero-order valence-electron chi connectivity index (χ0n) is 20.7. The summed E-state index contributed by atoms with van der Waals surface area (Å²) < 4.78 is 39.0. The molecule has 0 spiro atoms. The molecule has 0 aliphatic carbocycles. The van der Waals surface area contributed by atoms with Crippen LogP contribution in [0.15, 0.2) is 47.5 Å². The lowest BCUT2D eigenvalue weighted by molar-refractivity contribution is 0.0373. The number of carbonyl (C=O) groups is 1. The number of methoxy groups -OCH3 is 1. The van der Waals surface area contributed by atoms with Crippen molar-refractivity contribution < 1.29 is 27.8 Å². The zero-order chi connectivity index (χ0) is 25.8. The van der Waals surface area contributed by atoms with Crippen molar-refractivity contribution in [2.45, 2.75) is 37.8 Å². The van der Waals surface area contributed by atoms with E-state index in [0.29, 0.717) is 5.75 Å². The Bertz CT molecular complexity index is 1170. The van der Waals surface area contributed by atoms with E-state index in [9.17, 15) is 18.3 Å². The van der Waals surface area contributed by atoms with Gasteiger partial charge in [-0.15, -0.1) is 0 Å². The van der Waals surface area contributed by atoms with E-state index in [1.54, 1.807) is 36.2 Å². The van der Waals surface area contributed by atoms with Crippen molar-refractivity contribution in [1.82, 2.24) is 14.2 Å². The fourth-order valence-electron chi connectivity index (χ4n) is 3.90. The van der Waals surface area contributed by atoms with Crippen LogP contribution in [0.1, 0.15) is 36.7 Å². The Kier molecular flexibility index (Phi) is 8.52. The predicted octanol–water partition coefficient (Wildman–Crippen LogP) is 2.66. The maximum Gasteiger partial charge on any atom is 0.259 e. The molecule has 3 rings (SSSR count). The van der Waals surface area contributed by atoms with Gasteiger partial charge in [0.05, 0.1) is 31.2 Å². The number of aliphatic hydroxyl groups is 1. The number of ether oxygens (including phenoxy) is 2. The van der Waals surface area contributed by atoms with E-state index < -0.39 is 22.2 Å². The van der Waals surface area contributed by atoms with Crippen LogP contribution in [-0.4, -0.2) is 79.6 Å². The Morgan fingerprint density at radius 3 is 2.63 bits per heavy atom. The molecule has 1 amide bonds. The van der Waals surface area contributed by atoms with Gasteiger partial charge >= 0.3 is 0 Å². The molecule has 1 aliphatic rings. The maximum atomic E-state index is 13.4. The van der Waals surface area contributed by atoms with Gasteiger partial charge in [0, 0.05) is 25.7 Å². The lowest BCUT2D eigenvalue weighted by Crippen LogP contribution is -2.50. The van der Waals surface area contributed by atoms with E-state index in [2.05, 4.69) is 4.98 Å². The SMILES string of the molecule is C/C=C/c1cnc2c(c1)C(=O)N([C@@H](C)CO)C[C@@H](C)[C@@H](CN(C)S(=O)(=O)c1ccc(OC)cc1)O2. The third-order valence-electron chi connectivity index (χ3n) is 6.11. The second kappa shape index (κ2) is 11.2. The van der Waals surface area contributed by atoms with Crippen LogP contribution in [0.2, 0.25) is 0 Å². The van der Waals surface area contributed by atoms with Crippen molar-refractivity contribution in [3.8, 4) is 11.6 Å². The number of benzene rings is 1. The van der Waals surface area contributed by atoms with E-state index in [-0.39, 0.29) is 47.9 Å². The smallest absolute Gasteiger partial charge is 0.259 e. The molecule has 0 radical (unpaired) electrons. The van der Waals surface area contributed by atoms with Crippen LogP contribution < -0.4 is 9.47 Å². The van der Waals surface area contributed by atoms with Crippen LogP contribution >= 0.6 is 0 Å². The molecule has 1 aromatic carbocycles. The molecule has 0 unspecified atom stereocenters. The summed E-state index contributed by atoms with van der Waals surface area (Å²) in [5, 5.41) is 9.77. The molecule has 1 N–H and O–H groups in total. The first-order chi connectivity index (χ1) is 16.6. The van der Waals surface area contributed by atoms with E-state index in [1.165, 1.54) is 30.6 Å². The van der Waals surface area contributed by atoms with Gasteiger partial charge in [-0.1, -0.05) is 19.1 Å². The van der Waals surface area contributed by atoms with E-state index >= 15 is 0 Å². The second-order valence-corrected chi connectivity index (χ2v) is 10.8. The topological polar surface area (TPSA) is 109 Å². The number of carbonyl (C=O) groups excluding carboxylic acids is 1. The molecule has 3 atom stereocenters. The predicted molar refractivity (Wildman–Crippen MR) is 133 cm³/mol. The molecule has 2 aromatic rings. The highest BCUT2D eigenvalue weighted by atomic mass is 32.2. The number of aromatic nitrogens is 1. The number of pyridine rings is 1. The standard InChI is InChI=1S/C25H33N3O6S/c1-6-7-19-12-22-24(26-13-19)34-23(17(2)14-28(25(22)30)18(3)16-29)15-27(4)35(31,32)21-10-8-20(33-5)9-11-21/h6-13,17-18,23,29H,14-16H2,1-5H3/b7-6+/t17-,18+,23-/m1/s1. The number of amides is 1. The Labute approximate surface area is 207 Å². The number of hydrogen-bond donors (Lipinski definition) is 1. The summed E-state index contributed by atoms with van der Waals surface area (Å²) in [5.74, 6) is 0.174. The fraction of sp³-hybridized carbons (Fsp3) is 0.440. The molecule has 35 heavy (non-hydrogen) atoms. The highest BCUT2D eigenvalue weighted by Gasteiger charge is 2.35. The number of hydrogen-bond acceptors (Lipinski definition) is 7. The molecule has 10 heteroatoms. The van der Waals surface area contributed by atoms with Crippen LogP contribution in [0.25, 0.3) is 6.08 Å². The fourth-order valence-corrected chi connectivity index (χ4v) is 5.08. The number of fused-ring (bicyclic) bond motifs is 1. The number of rotatable bonds is 8. The number of sulfonamides is 1. The normalized spacial score (nSPS) is 19.7. The molecular formula is C25H33N3O6S. The Hall–Kier alpha value is -2.95. The van der Waals surface area contributed by atoms with Gasteiger partial charge in [0.25, 0.3) is 5.91 Å². The van der Waals surface area contributed by atoms with Crippen molar-refractivity contribution in [3.05, 3.63) is 53.7 Å². The summed E-state index contributed by atoms with van der Waals surface area (Å²) in [6, 6.07) is 7.46. The molecule has 0 fully saturated rings. The minimum atomic E-state index is -3.80. The summed E-state index contributed by atoms with van der Waals surface area (Å²) in [4.78, 5) is 19.5. The van der Waals surface area contributed by atoms with Crippen LogP contribution in [-0.2, 0) is 10.0 Å². The summed E-state index contributed by atoms with van der Waals surface area (Å²) in [6.07, 6.45) is 4.69. The van der Waals surface area contributed by atoms with E-state index in [1.807, 2.05) is 26.0 Å². The molecule has 9 nitrogen and oxygen atoms in total. The Morgan fingerprint density at radius 1 is 1.34 bits per heavy atom. The van der Waals surface area contributed by atoms with Gasteiger partial charge in [-0.3, -0.25) is 4.79 Å². The maximum absolute atomic E-state index is 13.4. The van der Waals surface area contributed by atoms with Crippen LogP contribution in [0.4, 0.5) is 0 Å². The van der Waals surface area contributed by atoms with E-state index in [4.69, 9.17) is 9.47 Å². The average molecular weight is 504 g/mol. The van der Waals surface area contributed by atoms with Gasteiger partial charge < -0.3 is 19.5 Å². The number of allylic oxidation sites excluding steroid dienone is 1. The first-order valence-electron chi connectivity index (χ1n) is 11.4.